The molecule has 1 N–H and O–H groups in total. The zero-order valence-electron chi connectivity index (χ0n) is 12.4. The predicted octanol–water partition coefficient (Wildman–Crippen LogP) is 2.60. The van der Waals surface area contributed by atoms with Gasteiger partial charge in [-0.05, 0) is 41.9 Å². The molecule has 1 aromatic heterocycles. The molecule has 0 saturated carbocycles. The van der Waals surface area contributed by atoms with E-state index in [1.165, 1.54) is 17.4 Å². The van der Waals surface area contributed by atoms with E-state index in [1.807, 2.05) is 17.5 Å². The van der Waals surface area contributed by atoms with Gasteiger partial charge in [-0.1, -0.05) is 30.0 Å². The Balaban J connectivity index is 1.64. The lowest BCUT2D eigenvalue weighted by Crippen LogP contribution is -2.44. The average Bonchev–Trinajstić information content (AvgIpc) is 3.24. The van der Waals surface area contributed by atoms with Crippen LogP contribution >= 0.6 is 35.3 Å². The topological polar surface area (TPSA) is 78.8 Å². The predicted molar refractivity (Wildman–Crippen MR) is 103 cm³/mol. The van der Waals surface area contributed by atoms with Gasteiger partial charge in [-0.25, -0.2) is 0 Å². The highest BCUT2D eigenvalue weighted by Gasteiger charge is 2.36. The number of carbonyl (C=O) groups is 1. The maximum Gasteiger partial charge on any atom is 0.285 e. The summed E-state index contributed by atoms with van der Waals surface area (Å²) in [7, 11) is -3.76. The number of thiocarbonyl (C=S) groups is 1. The van der Waals surface area contributed by atoms with Crippen molar-refractivity contribution < 1.29 is 13.2 Å². The van der Waals surface area contributed by atoms with Gasteiger partial charge in [0, 0.05) is 10.4 Å². The molecule has 1 saturated heterocycles. The first-order chi connectivity index (χ1) is 12.0. The van der Waals surface area contributed by atoms with Crippen molar-refractivity contribution in [2.75, 3.05) is 0 Å². The van der Waals surface area contributed by atoms with Crippen LogP contribution in [0.1, 0.15) is 10.4 Å². The highest BCUT2D eigenvalue weighted by atomic mass is 32.2. The van der Waals surface area contributed by atoms with E-state index in [4.69, 9.17) is 12.2 Å². The monoisotopic (exact) mass is 407 g/mol. The zero-order chi connectivity index (χ0) is 17.6. The Morgan fingerprint density at radius 2 is 2.00 bits per heavy atom. The van der Waals surface area contributed by atoms with Gasteiger partial charge >= 0.3 is 0 Å². The van der Waals surface area contributed by atoms with Gasteiger partial charge in [0.25, 0.3) is 15.9 Å². The van der Waals surface area contributed by atoms with Gasteiger partial charge in [0.05, 0.1) is 4.91 Å². The summed E-state index contributed by atoms with van der Waals surface area (Å²) in [4.78, 5) is 14.1. The third kappa shape index (κ3) is 2.91. The van der Waals surface area contributed by atoms with Crippen LogP contribution in [0.4, 0.5) is 0 Å². The maximum absolute atomic E-state index is 12.6. The molecule has 6 nitrogen and oxygen atoms in total. The van der Waals surface area contributed by atoms with E-state index in [0.29, 0.717) is 10.5 Å². The van der Waals surface area contributed by atoms with Crippen molar-refractivity contribution >= 4 is 67.5 Å². The largest absolute Gasteiger partial charge is 0.285 e. The summed E-state index contributed by atoms with van der Waals surface area (Å²) in [5.74, 6) is -0.253. The molecule has 0 radical (unpaired) electrons. The lowest BCUT2D eigenvalue weighted by atomic mass is 10.2. The summed E-state index contributed by atoms with van der Waals surface area (Å²) in [6.45, 7) is 0. The first-order valence-corrected chi connectivity index (χ1v) is 10.5. The number of hydrogen-bond donors (Lipinski definition) is 1. The van der Waals surface area contributed by atoms with Crippen molar-refractivity contribution in [1.29, 1.82) is 0 Å². The number of amides is 1. The van der Waals surface area contributed by atoms with Crippen molar-refractivity contribution in [2.45, 2.75) is 4.90 Å². The fraction of sp³-hybridized carbons (Fsp3) is 0. The van der Waals surface area contributed by atoms with Crippen molar-refractivity contribution in [1.82, 2.24) is 10.4 Å². The third-order valence-electron chi connectivity index (χ3n) is 3.46. The molecule has 0 unspecified atom stereocenters. The molecule has 2 aromatic rings. The van der Waals surface area contributed by atoms with Crippen LogP contribution in [0.3, 0.4) is 0 Å². The molecule has 4 rings (SSSR count). The number of rotatable bonds is 2. The highest BCUT2D eigenvalue weighted by molar-refractivity contribution is 8.26. The molecule has 3 heterocycles. The van der Waals surface area contributed by atoms with Gasteiger partial charge in [-0.15, -0.1) is 15.7 Å². The number of carbonyl (C=O) groups excluding carboxylic acids is 1. The molecule has 126 valence electrons. The number of thioether (sulfide) groups is 1. The lowest BCUT2D eigenvalue weighted by Gasteiger charge is -2.16. The number of hydrogen-bond acceptors (Lipinski definition) is 7. The molecule has 0 atom stereocenters. The second-order valence-electron chi connectivity index (χ2n) is 5.06. The minimum absolute atomic E-state index is 0.0873. The fourth-order valence-corrected chi connectivity index (χ4v) is 5.43. The van der Waals surface area contributed by atoms with E-state index in [9.17, 15) is 13.2 Å². The van der Waals surface area contributed by atoms with E-state index in [-0.39, 0.29) is 21.0 Å². The van der Waals surface area contributed by atoms with E-state index in [2.05, 4.69) is 9.82 Å². The summed E-state index contributed by atoms with van der Waals surface area (Å²) < 4.78 is 28.2. The van der Waals surface area contributed by atoms with Gasteiger partial charge < -0.3 is 0 Å². The van der Waals surface area contributed by atoms with E-state index in [0.717, 1.165) is 21.6 Å². The van der Waals surface area contributed by atoms with Crippen LogP contribution < -0.4 is 5.43 Å². The van der Waals surface area contributed by atoms with Gasteiger partial charge in [-0.2, -0.15) is 13.4 Å². The minimum atomic E-state index is -3.76. The normalized spacial score (nSPS) is 20.1. The average molecular weight is 408 g/mol. The first-order valence-electron chi connectivity index (χ1n) is 6.98. The Bertz CT molecular complexity index is 1060. The molecule has 1 aromatic carbocycles. The molecule has 1 fully saturated rings. The van der Waals surface area contributed by atoms with Crippen LogP contribution in [-0.4, -0.2) is 29.5 Å². The van der Waals surface area contributed by atoms with Gasteiger partial charge in [0.1, 0.15) is 4.90 Å². The van der Waals surface area contributed by atoms with Crippen LogP contribution in [0.25, 0.3) is 6.08 Å². The van der Waals surface area contributed by atoms with Crippen LogP contribution in [0.5, 0.6) is 0 Å². The van der Waals surface area contributed by atoms with Gasteiger partial charge in [0.15, 0.2) is 10.2 Å². The standard InChI is InChI=1S/C15H9N3O3S4/c19-14-11(8-9-4-3-7-23-9)24-15(22)18(14)16-13-10-5-1-2-6-12(10)25(20,21)17-13/h1-8H,(H,16,17)/b11-8-. The van der Waals surface area contributed by atoms with Crippen molar-refractivity contribution in [3.05, 3.63) is 57.1 Å². The number of benzene rings is 1. The van der Waals surface area contributed by atoms with E-state index < -0.39 is 10.0 Å². The number of fused-ring (bicyclic) bond motifs is 1. The number of nitrogens with one attached hydrogen (secondary N) is 1. The van der Waals surface area contributed by atoms with Crippen LogP contribution in [0, 0.1) is 0 Å². The molecular formula is C15H9N3O3S4. The first kappa shape index (κ1) is 16.5. The van der Waals surface area contributed by atoms with Crippen molar-refractivity contribution in [3.8, 4) is 0 Å². The molecule has 0 spiro atoms. The summed E-state index contributed by atoms with van der Waals surface area (Å²) >= 11 is 7.91. The van der Waals surface area contributed by atoms with Gasteiger partial charge in [0.2, 0.25) is 0 Å². The molecule has 25 heavy (non-hydrogen) atoms. The molecule has 10 heteroatoms. The highest BCUT2D eigenvalue weighted by Crippen LogP contribution is 2.33. The number of nitrogens with zero attached hydrogens (tertiary/aromatic N) is 2. The summed E-state index contributed by atoms with van der Waals surface area (Å²) in [5, 5.41) is 3.07. The molecule has 2 aliphatic rings. The Labute approximate surface area is 157 Å². The Morgan fingerprint density at radius 1 is 1.20 bits per heavy atom. The molecule has 2 aliphatic heterocycles. The minimum Gasteiger partial charge on any atom is -0.272 e. The SMILES string of the molecule is O=C1/C(=C/c2cccs2)SC(=S)N1NC1=NS(=O)(=O)c2ccccc21. The van der Waals surface area contributed by atoms with Gasteiger partial charge in [-0.3, -0.25) is 10.2 Å². The summed E-state index contributed by atoms with van der Waals surface area (Å²) in [6, 6.07) is 10.2. The number of hydrazine groups is 1. The maximum atomic E-state index is 12.6. The fourth-order valence-electron chi connectivity index (χ4n) is 2.36. The van der Waals surface area contributed by atoms with E-state index in [1.54, 1.807) is 24.3 Å². The van der Waals surface area contributed by atoms with Crippen molar-refractivity contribution in [2.24, 2.45) is 4.40 Å². The molecule has 0 bridgehead atoms. The van der Waals surface area contributed by atoms with Crippen LogP contribution in [0.2, 0.25) is 0 Å². The Kier molecular flexibility index (Phi) is 3.99. The second-order valence-corrected chi connectivity index (χ2v) is 9.28. The molecule has 0 aliphatic carbocycles. The molecular weight excluding hydrogens is 398 g/mol. The lowest BCUT2D eigenvalue weighted by molar-refractivity contribution is -0.123. The number of sulfonamides is 1. The summed E-state index contributed by atoms with van der Waals surface area (Å²) in [6.07, 6.45) is 1.76. The van der Waals surface area contributed by atoms with E-state index >= 15 is 0 Å². The molecule has 1 amide bonds. The smallest absolute Gasteiger partial charge is 0.272 e. The Morgan fingerprint density at radius 3 is 2.76 bits per heavy atom. The van der Waals surface area contributed by atoms with Crippen LogP contribution in [0.15, 0.2) is 56.0 Å². The number of thiophene rings is 1. The number of amidine groups is 1. The zero-order valence-corrected chi connectivity index (χ0v) is 15.6. The van der Waals surface area contributed by atoms with Crippen molar-refractivity contribution in [3.63, 3.8) is 0 Å². The summed E-state index contributed by atoms with van der Waals surface area (Å²) in [5.41, 5.74) is 3.17. The third-order valence-corrected chi connectivity index (χ3v) is 6.92. The quantitative estimate of drug-likeness (QED) is 0.609. The second kappa shape index (κ2) is 6.06. The Hall–Kier alpha value is -2.01. The van der Waals surface area contributed by atoms with Crippen LogP contribution in [-0.2, 0) is 14.8 Å².